The summed E-state index contributed by atoms with van der Waals surface area (Å²) in [4.78, 5) is 11.9. The first-order valence-corrected chi connectivity index (χ1v) is 6.21. The molecule has 1 aliphatic heterocycles. The number of nitrogens with one attached hydrogen (secondary N) is 1. The Labute approximate surface area is 97.9 Å². The van der Waals surface area contributed by atoms with Crippen molar-refractivity contribution in [1.29, 1.82) is 0 Å². The molecule has 0 radical (unpaired) electrons. The second-order valence-corrected chi connectivity index (χ2v) is 4.98. The van der Waals surface area contributed by atoms with Gasteiger partial charge in [-0.25, -0.2) is 0 Å². The van der Waals surface area contributed by atoms with Crippen molar-refractivity contribution < 1.29 is 9.53 Å². The second-order valence-electron chi connectivity index (χ2n) is 4.98. The van der Waals surface area contributed by atoms with E-state index in [1.165, 1.54) is 0 Å². The molecule has 4 heteroatoms. The van der Waals surface area contributed by atoms with Crippen LogP contribution >= 0.6 is 0 Å². The number of ether oxygens (including phenoxy) is 1. The van der Waals surface area contributed by atoms with E-state index >= 15 is 0 Å². The van der Waals surface area contributed by atoms with E-state index in [0.717, 1.165) is 25.9 Å². The molecule has 1 saturated heterocycles. The molecule has 0 bridgehead atoms. The maximum atomic E-state index is 11.9. The molecule has 4 nitrogen and oxygen atoms in total. The molecule has 1 aliphatic rings. The molecule has 16 heavy (non-hydrogen) atoms. The van der Waals surface area contributed by atoms with Gasteiger partial charge in [-0.2, -0.15) is 0 Å². The Balaban J connectivity index is 2.35. The van der Waals surface area contributed by atoms with Crippen molar-refractivity contribution in [1.82, 2.24) is 5.32 Å². The van der Waals surface area contributed by atoms with Crippen molar-refractivity contribution in [3.63, 3.8) is 0 Å². The largest absolute Gasteiger partial charge is 0.379 e. The summed E-state index contributed by atoms with van der Waals surface area (Å²) in [6.45, 7) is 6.11. The van der Waals surface area contributed by atoms with Crippen LogP contribution in [0.2, 0.25) is 0 Å². The zero-order chi connectivity index (χ0) is 12.0. The van der Waals surface area contributed by atoms with Crippen LogP contribution in [-0.2, 0) is 9.53 Å². The molecular weight excluding hydrogens is 204 g/mol. The van der Waals surface area contributed by atoms with Crippen LogP contribution in [0.15, 0.2) is 0 Å². The summed E-state index contributed by atoms with van der Waals surface area (Å²) < 4.78 is 5.33. The minimum Gasteiger partial charge on any atom is -0.379 e. The van der Waals surface area contributed by atoms with Gasteiger partial charge in [0.1, 0.15) is 0 Å². The number of amides is 1. The van der Waals surface area contributed by atoms with Crippen LogP contribution in [0.1, 0.15) is 33.1 Å². The highest BCUT2D eigenvalue weighted by atomic mass is 16.5. The van der Waals surface area contributed by atoms with Crippen LogP contribution in [0.3, 0.4) is 0 Å². The number of rotatable bonds is 5. The number of carbonyl (C=O) groups excluding carboxylic acids is 1. The molecule has 1 heterocycles. The summed E-state index contributed by atoms with van der Waals surface area (Å²) in [6.07, 6.45) is 2.91. The lowest BCUT2D eigenvalue weighted by Gasteiger charge is -2.25. The van der Waals surface area contributed by atoms with Gasteiger partial charge in [-0.3, -0.25) is 4.79 Å². The van der Waals surface area contributed by atoms with Crippen LogP contribution in [0.5, 0.6) is 0 Å². The highest BCUT2D eigenvalue weighted by molar-refractivity contribution is 5.79. The maximum absolute atomic E-state index is 11.9. The van der Waals surface area contributed by atoms with E-state index in [4.69, 9.17) is 10.5 Å². The lowest BCUT2D eigenvalue weighted by atomic mass is 9.96. The molecule has 2 atom stereocenters. The Hall–Kier alpha value is -0.610. The lowest BCUT2D eigenvalue weighted by Crippen LogP contribution is -2.45. The molecule has 1 amide bonds. The van der Waals surface area contributed by atoms with E-state index in [1.54, 1.807) is 0 Å². The summed E-state index contributed by atoms with van der Waals surface area (Å²) in [5.41, 5.74) is 5.64. The van der Waals surface area contributed by atoms with Gasteiger partial charge in [0.05, 0.1) is 18.6 Å². The fraction of sp³-hybridized carbons (Fsp3) is 0.917. The highest BCUT2D eigenvalue weighted by Gasteiger charge is 2.22. The Morgan fingerprint density at radius 1 is 1.56 bits per heavy atom. The minimum absolute atomic E-state index is 0.0538. The van der Waals surface area contributed by atoms with E-state index < -0.39 is 0 Å². The van der Waals surface area contributed by atoms with Gasteiger partial charge in [0.2, 0.25) is 5.91 Å². The highest BCUT2D eigenvalue weighted by Crippen LogP contribution is 2.12. The minimum atomic E-state index is -0.0538. The predicted octanol–water partition coefficient (Wildman–Crippen LogP) is 0.903. The van der Waals surface area contributed by atoms with Crippen molar-refractivity contribution in [3.8, 4) is 0 Å². The van der Waals surface area contributed by atoms with Gasteiger partial charge in [0.25, 0.3) is 0 Å². The zero-order valence-corrected chi connectivity index (χ0v) is 10.4. The first kappa shape index (κ1) is 13.5. The third-order valence-electron chi connectivity index (χ3n) is 2.92. The molecule has 0 aromatic carbocycles. The third-order valence-corrected chi connectivity index (χ3v) is 2.92. The number of carbonyl (C=O) groups is 1. The van der Waals surface area contributed by atoms with Gasteiger partial charge in [-0.15, -0.1) is 0 Å². The van der Waals surface area contributed by atoms with Crippen molar-refractivity contribution in [3.05, 3.63) is 0 Å². The van der Waals surface area contributed by atoms with Crippen LogP contribution < -0.4 is 11.1 Å². The van der Waals surface area contributed by atoms with Crippen molar-refractivity contribution in [2.75, 3.05) is 19.8 Å². The molecular formula is C12H24N2O2. The Kier molecular flexibility index (Phi) is 5.77. The van der Waals surface area contributed by atoms with E-state index in [9.17, 15) is 4.79 Å². The first-order valence-electron chi connectivity index (χ1n) is 6.21. The SMILES string of the molecule is CC(C)CC(CN)C(=O)NC1CCCOC1. The van der Waals surface area contributed by atoms with Crippen molar-refractivity contribution in [2.45, 2.75) is 39.2 Å². The Bertz CT molecular complexity index is 213. The van der Waals surface area contributed by atoms with Gasteiger partial charge in [-0.05, 0) is 25.2 Å². The van der Waals surface area contributed by atoms with Gasteiger partial charge in [0, 0.05) is 13.2 Å². The van der Waals surface area contributed by atoms with Crippen LogP contribution in [0.25, 0.3) is 0 Å². The topological polar surface area (TPSA) is 64.4 Å². The first-order chi connectivity index (χ1) is 7.63. The Morgan fingerprint density at radius 3 is 2.81 bits per heavy atom. The van der Waals surface area contributed by atoms with Crippen molar-refractivity contribution in [2.24, 2.45) is 17.6 Å². The molecule has 0 saturated carbocycles. The summed E-state index contributed by atoms with van der Waals surface area (Å²) in [7, 11) is 0. The number of hydrogen-bond donors (Lipinski definition) is 2. The molecule has 3 N–H and O–H groups in total. The maximum Gasteiger partial charge on any atom is 0.224 e. The van der Waals surface area contributed by atoms with Gasteiger partial charge < -0.3 is 15.8 Å². The van der Waals surface area contributed by atoms with E-state index in [2.05, 4.69) is 19.2 Å². The molecule has 2 unspecified atom stereocenters. The molecule has 1 rings (SSSR count). The number of nitrogens with two attached hydrogens (primary N) is 1. The third kappa shape index (κ3) is 4.49. The van der Waals surface area contributed by atoms with Crippen LogP contribution in [0.4, 0.5) is 0 Å². The average molecular weight is 228 g/mol. The monoisotopic (exact) mass is 228 g/mol. The standard InChI is InChI=1S/C12H24N2O2/c1-9(2)6-10(7-13)12(15)14-11-4-3-5-16-8-11/h9-11H,3-8,13H2,1-2H3,(H,14,15). The average Bonchev–Trinajstić information content (AvgIpc) is 2.26. The summed E-state index contributed by atoms with van der Waals surface area (Å²) in [5.74, 6) is 0.538. The van der Waals surface area contributed by atoms with Gasteiger partial charge in [-0.1, -0.05) is 13.8 Å². The van der Waals surface area contributed by atoms with E-state index in [-0.39, 0.29) is 17.9 Å². The lowest BCUT2D eigenvalue weighted by molar-refractivity contribution is -0.126. The fourth-order valence-electron chi connectivity index (χ4n) is 2.05. The summed E-state index contributed by atoms with van der Waals surface area (Å²) in [6, 6.07) is 0.183. The molecule has 94 valence electrons. The molecule has 1 fully saturated rings. The van der Waals surface area contributed by atoms with Gasteiger partial charge in [0.15, 0.2) is 0 Å². The fourth-order valence-corrected chi connectivity index (χ4v) is 2.05. The predicted molar refractivity (Wildman–Crippen MR) is 64.0 cm³/mol. The van der Waals surface area contributed by atoms with E-state index in [1.807, 2.05) is 0 Å². The molecule has 0 aliphatic carbocycles. The van der Waals surface area contributed by atoms with Crippen LogP contribution in [0, 0.1) is 11.8 Å². The summed E-state index contributed by atoms with van der Waals surface area (Å²) in [5, 5.41) is 3.03. The smallest absolute Gasteiger partial charge is 0.224 e. The van der Waals surface area contributed by atoms with Crippen LogP contribution in [-0.4, -0.2) is 31.7 Å². The quantitative estimate of drug-likeness (QED) is 0.735. The second kappa shape index (κ2) is 6.86. The van der Waals surface area contributed by atoms with E-state index in [0.29, 0.717) is 19.1 Å². The van der Waals surface area contributed by atoms with Crippen molar-refractivity contribution >= 4 is 5.91 Å². The normalized spacial score (nSPS) is 23.1. The molecule has 0 spiro atoms. The zero-order valence-electron chi connectivity index (χ0n) is 10.4. The summed E-state index contributed by atoms with van der Waals surface area (Å²) >= 11 is 0. The van der Waals surface area contributed by atoms with Gasteiger partial charge >= 0.3 is 0 Å². The number of hydrogen-bond acceptors (Lipinski definition) is 3. The Morgan fingerprint density at radius 2 is 2.31 bits per heavy atom. The molecule has 0 aromatic heterocycles. The molecule has 0 aromatic rings.